The molecule has 0 unspecified atom stereocenters. The summed E-state index contributed by atoms with van der Waals surface area (Å²) in [7, 11) is 0. The Labute approximate surface area is 266 Å². The number of nitrogens with one attached hydrogen (secondary N) is 4. The average molecular weight is 634 g/mol. The van der Waals surface area contributed by atoms with Crippen molar-refractivity contribution in [3.05, 3.63) is 92.5 Å². The van der Waals surface area contributed by atoms with E-state index in [1.54, 1.807) is 0 Å². The predicted octanol–water partition coefficient (Wildman–Crippen LogP) is 7.80. The fourth-order valence-corrected chi connectivity index (χ4v) is 6.95. The Bertz CT molecular complexity index is 1680. The van der Waals surface area contributed by atoms with E-state index in [4.69, 9.17) is 23.2 Å². The van der Waals surface area contributed by atoms with Crippen LogP contribution in [-0.2, 0) is 0 Å². The van der Waals surface area contributed by atoms with Gasteiger partial charge in [-0.15, -0.1) is 16.9 Å². The van der Waals surface area contributed by atoms with E-state index >= 15 is 0 Å². The smallest absolute Gasteiger partial charge is 0.103 e. The molecule has 0 radical (unpaired) electrons. The number of rotatable bonds is 7. The number of benzene rings is 2. The molecule has 2 aliphatic heterocycles. The van der Waals surface area contributed by atoms with Crippen molar-refractivity contribution < 1.29 is 0 Å². The second-order valence-electron chi connectivity index (χ2n) is 11.9. The SMILES string of the molecule is CC(C)(C)N1CCC(N2C=C([C@@H](Nc3cc(Cl)c4ncc(C#N)c(Nc5cscc5Cl)c4c3)c3ccccc3)NN2)CC1. The molecule has 222 valence electrons. The third-order valence-electron chi connectivity index (χ3n) is 8.09. The highest BCUT2D eigenvalue weighted by Gasteiger charge is 2.32. The summed E-state index contributed by atoms with van der Waals surface area (Å²) in [5.41, 5.74) is 12.2. The number of halogens is 2. The molecule has 0 saturated carbocycles. The van der Waals surface area contributed by atoms with Crippen LogP contribution >= 0.6 is 34.5 Å². The number of hydrogen-bond acceptors (Lipinski definition) is 9. The van der Waals surface area contributed by atoms with Gasteiger partial charge < -0.3 is 16.1 Å². The van der Waals surface area contributed by atoms with E-state index in [2.05, 4.69) is 81.7 Å². The summed E-state index contributed by atoms with van der Waals surface area (Å²) in [5.74, 6) is 0. The van der Waals surface area contributed by atoms with Crippen molar-refractivity contribution in [2.24, 2.45) is 0 Å². The molecule has 4 heterocycles. The van der Waals surface area contributed by atoms with Gasteiger partial charge in [-0.2, -0.15) is 5.26 Å². The Balaban J connectivity index is 1.32. The molecule has 0 bridgehead atoms. The number of nitrogens with zero attached hydrogens (tertiary/aromatic N) is 4. The van der Waals surface area contributed by atoms with E-state index in [1.165, 1.54) is 17.5 Å². The second-order valence-corrected chi connectivity index (χ2v) is 13.4. The number of nitriles is 1. The van der Waals surface area contributed by atoms with Crippen molar-refractivity contribution in [2.45, 2.75) is 51.2 Å². The summed E-state index contributed by atoms with van der Waals surface area (Å²) in [4.78, 5) is 7.06. The van der Waals surface area contributed by atoms with Crippen LogP contribution in [0.2, 0.25) is 10.0 Å². The van der Waals surface area contributed by atoms with Gasteiger partial charge in [0.1, 0.15) is 6.07 Å². The largest absolute Gasteiger partial charge is 0.373 e. The third kappa shape index (κ3) is 6.26. The number of thiophene rings is 1. The van der Waals surface area contributed by atoms with Crippen LogP contribution < -0.4 is 21.6 Å². The number of likely N-dealkylation sites (tertiary alicyclic amines) is 1. The fourth-order valence-electron chi connectivity index (χ4n) is 5.72. The standard InChI is InChI=1S/C32H34Cl2N8S/c1-32(2,3)41-11-9-23(10-12-41)42-17-27(39-40-42)30(20-7-5-4-6-8-20)37-22-13-24-29(38-28-19-43-18-26(28)34)21(15-35)16-36-31(24)25(33)14-22/h4-8,13-14,16-19,23,30,37,39-40H,9-12H2,1-3H3,(H,36,38)/t30-/m0/s1. The number of hydrazine groups is 2. The molecule has 2 aliphatic rings. The van der Waals surface area contributed by atoms with Crippen molar-refractivity contribution >= 4 is 62.5 Å². The first kappa shape index (κ1) is 29.5. The highest BCUT2D eigenvalue weighted by atomic mass is 35.5. The van der Waals surface area contributed by atoms with Gasteiger partial charge in [-0.25, -0.2) is 0 Å². The summed E-state index contributed by atoms with van der Waals surface area (Å²) in [5, 5.41) is 24.7. The quantitative estimate of drug-likeness (QED) is 0.164. The molecule has 0 amide bonds. The maximum Gasteiger partial charge on any atom is 0.103 e. The molecule has 1 fully saturated rings. The van der Waals surface area contributed by atoms with Gasteiger partial charge in [0.15, 0.2) is 0 Å². The third-order valence-corrected chi connectivity index (χ3v) is 9.56. The molecule has 4 aromatic rings. The molecule has 1 saturated heterocycles. The lowest BCUT2D eigenvalue weighted by Gasteiger charge is -2.42. The zero-order chi connectivity index (χ0) is 30.1. The maximum atomic E-state index is 9.90. The van der Waals surface area contributed by atoms with E-state index in [1.807, 2.05) is 41.1 Å². The summed E-state index contributed by atoms with van der Waals surface area (Å²) in [6.45, 7) is 8.98. The Morgan fingerprint density at radius 1 is 1.09 bits per heavy atom. The molecule has 1 atom stereocenters. The molecular weight excluding hydrogens is 599 g/mol. The van der Waals surface area contributed by atoms with E-state index in [-0.39, 0.29) is 11.6 Å². The molecule has 8 nitrogen and oxygen atoms in total. The summed E-state index contributed by atoms with van der Waals surface area (Å²) < 4.78 is 0. The minimum atomic E-state index is -0.197. The minimum Gasteiger partial charge on any atom is -0.373 e. The number of fused-ring (bicyclic) bond motifs is 1. The molecule has 43 heavy (non-hydrogen) atoms. The molecule has 4 N–H and O–H groups in total. The van der Waals surface area contributed by atoms with Gasteiger partial charge in [0.05, 0.1) is 44.2 Å². The molecular formula is C32H34Cl2N8S. The molecule has 0 spiro atoms. The van der Waals surface area contributed by atoms with Crippen molar-refractivity contribution in [1.29, 1.82) is 5.26 Å². The predicted molar refractivity (Wildman–Crippen MR) is 177 cm³/mol. The monoisotopic (exact) mass is 632 g/mol. The van der Waals surface area contributed by atoms with Gasteiger partial charge in [0.25, 0.3) is 0 Å². The summed E-state index contributed by atoms with van der Waals surface area (Å²) in [6, 6.07) is 16.6. The van der Waals surface area contributed by atoms with Crippen molar-refractivity contribution in [3.63, 3.8) is 0 Å². The van der Waals surface area contributed by atoms with Crippen LogP contribution in [0.4, 0.5) is 17.1 Å². The van der Waals surface area contributed by atoms with Gasteiger partial charge in [-0.05, 0) is 51.3 Å². The van der Waals surface area contributed by atoms with Crippen LogP contribution in [-0.4, -0.2) is 39.6 Å². The first-order valence-corrected chi connectivity index (χ1v) is 16.0. The van der Waals surface area contributed by atoms with Crippen LogP contribution in [0, 0.1) is 11.3 Å². The lowest BCUT2D eigenvalue weighted by atomic mass is 9.98. The lowest BCUT2D eigenvalue weighted by Crippen LogP contribution is -2.52. The van der Waals surface area contributed by atoms with Crippen LogP contribution in [0.25, 0.3) is 10.9 Å². The summed E-state index contributed by atoms with van der Waals surface area (Å²) in [6.07, 6.45) is 5.87. The summed E-state index contributed by atoms with van der Waals surface area (Å²) >= 11 is 14.7. The van der Waals surface area contributed by atoms with E-state index < -0.39 is 0 Å². The lowest BCUT2D eigenvalue weighted by molar-refractivity contribution is 0.0570. The maximum absolute atomic E-state index is 9.90. The number of anilines is 3. The van der Waals surface area contributed by atoms with Gasteiger partial charge in [0.2, 0.25) is 0 Å². The molecule has 2 aromatic carbocycles. The van der Waals surface area contributed by atoms with Crippen molar-refractivity contribution in [3.8, 4) is 6.07 Å². The average Bonchev–Trinajstić information content (AvgIpc) is 3.65. The molecule has 0 aliphatic carbocycles. The number of hydrogen-bond donors (Lipinski definition) is 4. The zero-order valence-corrected chi connectivity index (χ0v) is 26.6. The van der Waals surface area contributed by atoms with Gasteiger partial charge in [-0.3, -0.25) is 14.9 Å². The fraction of sp³-hybridized carbons (Fsp3) is 0.312. The van der Waals surface area contributed by atoms with Crippen molar-refractivity contribution in [1.82, 2.24) is 25.9 Å². The van der Waals surface area contributed by atoms with Crippen LogP contribution in [0.1, 0.15) is 50.8 Å². The number of pyridine rings is 1. The first-order valence-electron chi connectivity index (χ1n) is 14.3. The highest BCUT2D eigenvalue weighted by molar-refractivity contribution is 7.09. The zero-order valence-electron chi connectivity index (χ0n) is 24.3. The highest BCUT2D eigenvalue weighted by Crippen LogP contribution is 2.39. The van der Waals surface area contributed by atoms with E-state index in [9.17, 15) is 5.26 Å². The van der Waals surface area contributed by atoms with E-state index in [0.717, 1.165) is 54.0 Å². The molecule has 2 aromatic heterocycles. The van der Waals surface area contributed by atoms with Gasteiger partial charge in [-0.1, -0.05) is 53.5 Å². The van der Waals surface area contributed by atoms with E-state index in [0.29, 0.717) is 32.9 Å². The van der Waals surface area contributed by atoms with Crippen molar-refractivity contribution in [2.75, 3.05) is 23.7 Å². The molecule has 11 heteroatoms. The Hall–Kier alpha value is -3.52. The normalized spacial score (nSPS) is 16.9. The Morgan fingerprint density at radius 3 is 2.53 bits per heavy atom. The second kappa shape index (κ2) is 12.2. The molecule has 6 rings (SSSR count). The number of piperidine rings is 1. The Morgan fingerprint density at radius 2 is 1.86 bits per heavy atom. The van der Waals surface area contributed by atoms with Gasteiger partial charge in [0, 0.05) is 58.9 Å². The van der Waals surface area contributed by atoms with Crippen LogP contribution in [0.15, 0.2) is 71.3 Å². The first-order chi connectivity index (χ1) is 20.7. The number of aromatic nitrogens is 1. The van der Waals surface area contributed by atoms with Crippen LogP contribution in [0.3, 0.4) is 0 Å². The topological polar surface area (TPSA) is 91.3 Å². The van der Waals surface area contributed by atoms with Gasteiger partial charge >= 0.3 is 0 Å². The van der Waals surface area contributed by atoms with Crippen LogP contribution in [0.5, 0.6) is 0 Å². The Kier molecular flexibility index (Phi) is 8.40. The minimum absolute atomic E-state index is 0.182.